The molecule has 0 aliphatic carbocycles. The maximum absolute atomic E-state index is 6.16. The lowest BCUT2D eigenvalue weighted by Gasteiger charge is -2.13. The largest absolute Gasteiger partial charge is 0.493 e. The Balaban J connectivity index is 1.34. The van der Waals surface area contributed by atoms with Crippen LogP contribution >= 0.6 is 11.8 Å². The Kier molecular flexibility index (Phi) is 7.33. The van der Waals surface area contributed by atoms with Gasteiger partial charge in [0, 0.05) is 10.6 Å². The van der Waals surface area contributed by atoms with Crippen molar-refractivity contribution in [2.45, 2.75) is 42.4 Å². The van der Waals surface area contributed by atoms with Gasteiger partial charge in [0.15, 0.2) is 11.5 Å². The van der Waals surface area contributed by atoms with E-state index in [9.17, 15) is 0 Å². The number of methoxy groups -OCH3 is 1. The average Bonchev–Trinajstić information content (AvgIpc) is 3.62. The van der Waals surface area contributed by atoms with Crippen molar-refractivity contribution in [2.75, 3.05) is 13.7 Å². The number of rotatable bonds is 11. The Morgan fingerprint density at radius 3 is 2.40 bits per heavy atom. The van der Waals surface area contributed by atoms with Crippen molar-refractivity contribution in [1.82, 2.24) is 0 Å². The van der Waals surface area contributed by atoms with Crippen LogP contribution in [0.2, 0.25) is 0 Å². The normalized spacial score (nSPS) is 15.0. The molecule has 0 radical (unpaired) electrons. The molecule has 4 rings (SSSR count). The minimum Gasteiger partial charge on any atom is -0.493 e. The second-order valence-electron chi connectivity index (χ2n) is 7.53. The zero-order valence-electron chi connectivity index (χ0n) is 17.4. The molecule has 1 heterocycles. The maximum Gasteiger partial charge on any atom is 0.169 e. The molecule has 0 bridgehead atoms. The van der Waals surface area contributed by atoms with E-state index in [-0.39, 0.29) is 0 Å². The summed E-state index contributed by atoms with van der Waals surface area (Å²) in [5.41, 5.74) is 2.55. The molecule has 0 spiro atoms. The summed E-state index contributed by atoms with van der Waals surface area (Å²) in [5.74, 6) is 3.29. The van der Waals surface area contributed by atoms with Crippen molar-refractivity contribution in [3.63, 3.8) is 0 Å². The number of hydrogen-bond donors (Lipinski definition) is 0. The van der Waals surface area contributed by atoms with E-state index < -0.39 is 0 Å². The maximum atomic E-state index is 6.16. The van der Waals surface area contributed by atoms with Gasteiger partial charge in [-0.05, 0) is 66.8 Å². The highest BCUT2D eigenvalue weighted by Gasteiger charge is 2.21. The summed E-state index contributed by atoms with van der Waals surface area (Å²) >= 11 is 1.84. The number of unbranched alkanes of at least 4 members (excludes halogenated alkanes) is 1. The quantitative estimate of drug-likeness (QED) is 0.192. The van der Waals surface area contributed by atoms with Crippen LogP contribution in [0.15, 0.2) is 77.7 Å². The Labute approximate surface area is 183 Å². The van der Waals surface area contributed by atoms with Gasteiger partial charge in [-0.2, -0.15) is 0 Å². The highest BCUT2D eigenvalue weighted by molar-refractivity contribution is 7.98. The molecule has 1 saturated heterocycles. The minimum atomic E-state index is 0.522. The number of epoxide rings is 1. The first kappa shape index (κ1) is 20.8. The van der Waals surface area contributed by atoms with Crippen molar-refractivity contribution in [2.24, 2.45) is 0 Å². The molecular formula is C26H28O3S. The summed E-state index contributed by atoms with van der Waals surface area (Å²) in [6, 6.07) is 25.0. The van der Waals surface area contributed by atoms with Gasteiger partial charge in [-0.25, -0.2) is 0 Å². The molecule has 3 aromatic carbocycles. The van der Waals surface area contributed by atoms with Gasteiger partial charge in [0.25, 0.3) is 0 Å². The van der Waals surface area contributed by atoms with Crippen LogP contribution in [0.1, 0.15) is 30.4 Å². The summed E-state index contributed by atoms with van der Waals surface area (Å²) in [6.45, 7) is 0.949. The lowest BCUT2D eigenvalue weighted by molar-refractivity contribution is 0.378. The van der Waals surface area contributed by atoms with E-state index in [1.807, 2.05) is 36.0 Å². The highest BCUT2D eigenvalue weighted by atomic mass is 32.2. The van der Waals surface area contributed by atoms with Crippen LogP contribution in [0.25, 0.3) is 0 Å². The lowest BCUT2D eigenvalue weighted by atomic mass is 10.1. The molecule has 0 aromatic heterocycles. The van der Waals surface area contributed by atoms with Gasteiger partial charge in [0.2, 0.25) is 0 Å². The first-order chi connectivity index (χ1) is 14.8. The van der Waals surface area contributed by atoms with Crippen molar-refractivity contribution in [3.8, 4) is 17.2 Å². The van der Waals surface area contributed by atoms with E-state index in [1.54, 1.807) is 7.11 Å². The summed E-state index contributed by atoms with van der Waals surface area (Å²) < 4.78 is 17.0. The molecule has 1 atom stereocenters. The average molecular weight is 421 g/mol. The Bertz CT molecular complexity index is 921. The first-order valence-electron chi connectivity index (χ1n) is 10.5. The summed E-state index contributed by atoms with van der Waals surface area (Å²) in [6.07, 6.45) is 5.11. The van der Waals surface area contributed by atoms with Gasteiger partial charge in [-0.3, -0.25) is 0 Å². The summed E-state index contributed by atoms with van der Waals surface area (Å²) in [7, 11) is 1.68. The van der Waals surface area contributed by atoms with Gasteiger partial charge >= 0.3 is 0 Å². The molecule has 1 aliphatic rings. The van der Waals surface area contributed by atoms with Crippen LogP contribution in [-0.4, -0.2) is 19.8 Å². The number of hydrogen-bond acceptors (Lipinski definition) is 4. The van der Waals surface area contributed by atoms with Gasteiger partial charge in [-0.1, -0.05) is 42.8 Å². The first-order valence-corrected chi connectivity index (χ1v) is 11.5. The fourth-order valence-corrected chi connectivity index (χ4v) is 4.23. The van der Waals surface area contributed by atoms with Crippen LogP contribution in [0.3, 0.4) is 0 Å². The molecule has 156 valence electrons. The molecule has 3 nitrogen and oxygen atoms in total. The van der Waals surface area contributed by atoms with Crippen molar-refractivity contribution in [1.29, 1.82) is 0 Å². The van der Waals surface area contributed by atoms with Crippen LogP contribution in [0, 0.1) is 0 Å². The van der Waals surface area contributed by atoms with Crippen molar-refractivity contribution < 1.29 is 14.2 Å². The third kappa shape index (κ3) is 6.28. The molecule has 1 fully saturated rings. The van der Waals surface area contributed by atoms with Gasteiger partial charge in [0.05, 0.1) is 19.8 Å². The van der Waals surface area contributed by atoms with E-state index in [4.69, 9.17) is 14.2 Å². The standard InChI is InChI=1S/C26H28O3S/c1-27-25-16-13-20(7-5-6-8-23-18-28-23)17-26(25)29-22-14-11-21(12-15-22)19-30-24-9-3-2-4-10-24/h2-4,9-17,23H,5-8,18-19H2,1H3/t23-/m0/s1. The fraction of sp³-hybridized carbons (Fsp3) is 0.308. The molecule has 0 unspecified atom stereocenters. The number of ether oxygens (including phenoxy) is 3. The molecule has 4 heteroatoms. The Hall–Kier alpha value is -2.43. The third-order valence-electron chi connectivity index (χ3n) is 5.17. The zero-order chi connectivity index (χ0) is 20.6. The van der Waals surface area contributed by atoms with Gasteiger partial charge in [-0.15, -0.1) is 11.8 Å². The lowest BCUT2D eigenvalue weighted by Crippen LogP contribution is -1.94. The molecule has 30 heavy (non-hydrogen) atoms. The highest BCUT2D eigenvalue weighted by Crippen LogP contribution is 2.33. The van der Waals surface area contributed by atoms with E-state index in [0.29, 0.717) is 6.10 Å². The fourth-order valence-electron chi connectivity index (χ4n) is 3.36. The molecule has 0 saturated carbocycles. The number of aryl methyl sites for hydroxylation is 1. The zero-order valence-corrected chi connectivity index (χ0v) is 18.2. The SMILES string of the molecule is COc1ccc(CCCC[C@H]2CO2)cc1Oc1ccc(CSc2ccccc2)cc1. The van der Waals surface area contributed by atoms with Crippen LogP contribution in [-0.2, 0) is 16.9 Å². The van der Waals surface area contributed by atoms with Gasteiger partial charge in [0.1, 0.15) is 5.75 Å². The van der Waals surface area contributed by atoms with Crippen LogP contribution in [0.4, 0.5) is 0 Å². The molecular weight excluding hydrogens is 392 g/mol. The van der Waals surface area contributed by atoms with E-state index in [1.165, 1.54) is 35.3 Å². The molecule has 0 amide bonds. The topological polar surface area (TPSA) is 31.0 Å². The minimum absolute atomic E-state index is 0.522. The molecule has 0 N–H and O–H groups in total. The summed E-state index contributed by atoms with van der Waals surface area (Å²) in [5, 5.41) is 0. The van der Waals surface area contributed by atoms with E-state index >= 15 is 0 Å². The predicted molar refractivity (Wildman–Crippen MR) is 123 cm³/mol. The predicted octanol–water partition coefficient (Wildman–Crippen LogP) is 6.89. The van der Waals surface area contributed by atoms with E-state index in [0.717, 1.165) is 36.0 Å². The smallest absolute Gasteiger partial charge is 0.169 e. The van der Waals surface area contributed by atoms with Crippen molar-refractivity contribution >= 4 is 11.8 Å². The monoisotopic (exact) mass is 420 g/mol. The second kappa shape index (κ2) is 10.6. The van der Waals surface area contributed by atoms with Crippen LogP contribution < -0.4 is 9.47 Å². The Morgan fingerprint density at radius 1 is 0.900 bits per heavy atom. The number of thioether (sulfide) groups is 1. The van der Waals surface area contributed by atoms with Crippen LogP contribution in [0.5, 0.6) is 17.2 Å². The molecule has 1 aliphatic heterocycles. The third-order valence-corrected chi connectivity index (χ3v) is 6.25. The summed E-state index contributed by atoms with van der Waals surface area (Å²) in [4.78, 5) is 1.28. The Morgan fingerprint density at radius 2 is 1.67 bits per heavy atom. The van der Waals surface area contributed by atoms with E-state index in [2.05, 4.69) is 48.5 Å². The molecule has 3 aromatic rings. The van der Waals surface area contributed by atoms with Crippen molar-refractivity contribution in [3.05, 3.63) is 83.9 Å². The number of benzene rings is 3. The van der Waals surface area contributed by atoms with Gasteiger partial charge < -0.3 is 14.2 Å². The second-order valence-corrected chi connectivity index (χ2v) is 8.58.